The summed E-state index contributed by atoms with van der Waals surface area (Å²) < 4.78 is 36.3. The van der Waals surface area contributed by atoms with E-state index in [0.29, 0.717) is 42.9 Å². The maximum Gasteiger partial charge on any atom is 0.266 e. The SMILES string of the molecule is CN1CCC(n2cc(-c3cnc(N4CCO[C@H](Cn5nc(-c6ccc(F)c(F)c6)ccc5=O)C4)nc3)cn2)CC1. The molecule has 1 atom stereocenters. The van der Waals surface area contributed by atoms with Crippen LogP contribution in [0.15, 0.2) is 59.9 Å². The summed E-state index contributed by atoms with van der Waals surface area (Å²) in [6.07, 6.45) is 9.37. The fraction of sp³-hybridized carbons (Fsp3) is 0.393. The lowest BCUT2D eigenvalue weighted by Crippen LogP contribution is -2.46. The van der Waals surface area contributed by atoms with Crippen molar-refractivity contribution < 1.29 is 13.5 Å². The number of aromatic nitrogens is 6. The van der Waals surface area contributed by atoms with E-state index in [4.69, 9.17) is 4.74 Å². The number of piperidine rings is 1. The predicted molar refractivity (Wildman–Crippen MR) is 145 cm³/mol. The second-order valence-electron chi connectivity index (χ2n) is 10.3. The van der Waals surface area contributed by atoms with Crippen LogP contribution in [0.4, 0.5) is 14.7 Å². The minimum Gasteiger partial charge on any atom is -0.373 e. The van der Waals surface area contributed by atoms with E-state index < -0.39 is 11.6 Å². The van der Waals surface area contributed by atoms with E-state index in [1.807, 2.05) is 11.1 Å². The lowest BCUT2D eigenvalue weighted by Gasteiger charge is -2.33. The molecule has 2 saturated heterocycles. The highest BCUT2D eigenvalue weighted by Gasteiger charge is 2.24. The zero-order chi connectivity index (χ0) is 27.6. The molecule has 208 valence electrons. The highest BCUT2D eigenvalue weighted by molar-refractivity contribution is 5.60. The smallest absolute Gasteiger partial charge is 0.266 e. The van der Waals surface area contributed by atoms with Crippen LogP contribution in [0.2, 0.25) is 0 Å². The molecule has 0 spiro atoms. The van der Waals surface area contributed by atoms with Crippen LogP contribution in [-0.2, 0) is 11.3 Å². The Morgan fingerprint density at radius 1 is 0.950 bits per heavy atom. The first-order valence-electron chi connectivity index (χ1n) is 13.4. The van der Waals surface area contributed by atoms with Crippen molar-refractivity contribution in [2.24, 2.45) is 0 Å². The minimum absolute atomic E-state index is 0.196. The van der Waals surface area contributed by atoms with Gasteiger partial charge in [0.15, 0.2) is 11.6 Å². The second kappa shape index (κ2) is 11.2. The van der Waals surface area contributed by atoms with Gasteiger partial charge in [-0.2, -0.15) is 10.2 Å². The lowest BCUT2D eigenvalue weighted by molar-refractivity contribution is 0.0260. The Morgan fingerprint density at radius 2 is 1.75 bits per heavy atom. The summed E-state index contributed by atoms with van der Waals surface area (Å²) in [5.74, 6) is -1.33. The Balaban J connectivity index is 1.12. The molecule has 0 N–H and O–H groups in total. The van der Waals surface area contributed by atoms with Crippen LogP contribution < -0.4 is 10.5 Å². The molecule has 12 heteroatoms. The van der Waals surface area contributed by atoms with Gasteiger partial charge in [-0.1, -0.05) is 0 Å². The number of rotatable bonds is 6. The van der Waals surface area contributed by atoms with Gasteiger partial charge in [0, 0.05) is 54.4 Å². The van der Waals surface area contributed by atoms with Gasteiger partial charge in [0.05, 0.1) is 37.2 Å². The van der Waals surface area contributed by atoms with E-state index in [9.17, 15) is 13.6 Å². The van der Waals surface area contributed by atoms with Crippen LogP contribution in [-0.4, -0.2) is 80.4 Å². The molecule has 2 aliphatic heterocycles. The number of morpholine rings is 1. The van der Waals surface area contributed by atoms with Gasteiger partial charge in [-0.25, -0.2) is 23.4 Å². The van der Waals surface area contributed by atoms with E-state index in [1.54, 1.807) is 12.4 Å². The number of hydrogen-bond donors (Lipinski definition) is 0. The Hall–Kier alpha value is -4.03. The van der Waals surface area contributed by atoms with Crippen molar-refractivity contribution in [3.8, 4) is 22.4 Å². The van der Waals surface area contributed by atoms with Crippen molar-refractivity contribution in [3.63, 3.8) is 0 Å². The number of halogens is 2. The molecule has 0 radical (unpaired) electrons. The van der Waals surface area contributed by atoms with Gasteiger partial charge in [0.25, 0.3) is 5.56 Å². The van der Waals surface area contributed by atoms with Gasteiger partial charge < -0.3 is 14.5 Å². The van der Waals surface area contributed by atoms with Crippen molar-refractivity contribution in [2.45, 2.75) is 31.5 Å². The number of benzene rings is 1. The van der Waals surface area contributed by atoms with Crippen molar-refractivity contribution in [2.75, 3.05) is 44.7 Å². The number of likely N-dealkylation sites (tertiary alicyclic amines) is 1. The molecule has 0 unspecified atom stereocenters. The number of ether oxygens (including phenoxy) is 1. The normalized spacial score (nSPS) is 18.8. The average molecular weight is 549 g/mol. The molecule has 4 aromatic rings. The first-order valence-corrected chi connectivity index (χ1v) is 13.4. The van der Waals surface area contributed by atoms with Gasteiger partial charge in [0.1, 0.15) is 0 Å². The fourth-order valence-corrected chi connectivity index (χ4v) is 5.17. The van der Waals surface area contributed by atoms with Crippen LogP contribution in [0.25, 0.3) is 22.4 Å². The number of anilines is 1. The maximum absolute atomic E-state index is 13.7. The van der Waals surface area contributed by atoms with Crippen molar-refractivity contribution in [3.05, 3.63) is 77.1 Å². The quantitative estimate of drug-likeness (QED) is 0.363. The third-order valence-corrected chi connectivity index (χ3v) is 7.52. The number of hydrogen-bond acceptors (Lipinski definition) is 8. The van der Waals surface area contributed by atoms with Gasteiger partial charge in [-0.05, 0) is 57.2 Å². The molecule has 6 rings (SSSR count). The molecule has 0 bridgehead atoms. The van der Waals surface area contributed by atoms with E-state index in [1.165, 1.54) is 22.9 Å². The van der Waals surface area contributed by atoms with Gasteiger partial charge in [-0.15, -0.1) is 0 Å². The zero-order valence-electron chi connectivity index (χ0n) is 22.2. The highest BCUT2D eigenvalue weighted by Crippen LogP contribution is 2.25. The van der Waals surface area contributed by atoms with Crippen LogP contribution in [0.3, 0.4) is 0 Å². The Labute approximate surface area is 229 Å². The van der Waals surface area contributed by atoms with Crippen molar-refractivity contribution in [1.82, 2.24) is 34.4 Å². The molecule has 2 fully saturated rings. The van der Waals surface area contributed by atoms with Gasteiger partial charge >= 0.3 is 0 Å². The molecule has 10 nitrogen and oxygen atoms in total. The lowest BCUT2D eigenvalue weighted by atomic mass is 10.1. The van der Waals surface area contributed by atoms with Crippen LogP contribution >= 0.6 is 0 Å². The average Bonchev–Trinajstić information content (AvgIpc) is 3.47. The highest BCUT2D eigenvalue weighted by atomic mass is 19.2. The van der Waals surface area contributed by atoms with Gasteiger partial charge in [0.2, 0.25) is 5.95 Å². The Bertz CT molecular complexity index is 1530. The number of nitrogens with zero attached hydrogens (tertiary/aromatic N) is 8. The summed E-state index contributed by atoms with van der Waals surface area (Å²) in [4.78, 5) is 26.1. The Morgan fingerprint density at radius 3 is 2.52 bits per heavy atom. The fourth-order valence-electron chi connectivity index (χ4n) is 5.17. The van der Waals surface area contributed by atoms with Crippen LogP contribution in [0.5, 0.6) is 0 Å². The summed E-state index contributed by atoms with van der Waals surface area (Å²) in [7, 11) is 2.15. The summed E-state index contributed by atoms with van der Waals surface area (Å²) >= 11 is 0. The van der Waals surface area contributed by atoms with Gasteiger partial charge in [-0.3, -0.25) is 9.48 Å². The molecule has 0 amide bonds. The first kappa shape index (κ1) is 26.2. The molecule has 5 heterocycles. The molecular formula is C28H30F2N8O2. The zero-order valence-corrected chi connectivity index (χ0v) is 22.2. The molecule has 3 aromatic heterocycles. The summed E-state index contributed by atoms with van der Waals surface area (Å²) in [5, 5.41) is 8.96. The molecule has 0 saturated carbocycles. The molecule has 1 aromatic carbocycles. The van der Waals surface area contributed by atoms with Crippen LogP contribution in [0.1, 0.15) is 18.9 Å². The van der Waals surface area contributed by atoms with E-state index >= 15 is 0 Å². The molecule has 0 aliphatic carbocycles. The second-order valence-corrected chi connectivity index (χ2v) is 10.3. The van der Waals surface area contributed by atoms with E-state index in [0.717, 1.165) is 49.2 Å². The third-order valence-electron chi connectivity index (χ3n) is 7.52. The van der Waals surface area contributed by atoms with Crippen molar-refractivity contribution >= 4 is 5.95 Å². The van der Waals surface area contributed by atoms with Crippen LogP contribution in [0, 0.1) is 11.6 Å². The summed E-state index contributed by atoms with van der Waals surface area (Å²) in [5.41, 5.74) is 2.32. The largest absolute Gasteiger partial charge is 0.373 e. The topological polar surface area (TPSA) is 94.2 Å². The standard InChI is InChI=1S/C28H30F2N8O2/c1-35-8-6-22(7-9-35)37-16-21(15-33-37)20-13-31-28(32-14-20)36-10-11-40-23(17-36)18-38-27(39)5-4-26(34-38)19-2-3-24(29)25(30)12-19/h2-5,12-16,22-23H,6-11,17-18H2,1H3/t23-/m0/s1. The molecular weight excluding hydrogens is 518 g/mol. The molecule has 2 aliphatic rings. The van der Waals surface area contributed by atoms with E-state index in [2.05, 4.69) is 43.0 Å². The van der Waals surface area contributed by atoms with Crippen molar-refractivity contribution in [1.29, 1.82) is 0 Å². The minimum atomic E-state index is -0.972. The third kappa shape index (κ3) is 5.63. The maximum atomic E-state index is 13.7. The monoisotopic (exact) mass is 548 g/mol. The summed E-state index contributed by atoms with van der Waals surface area (Å²) in [6.45, 7) is 3.86. The molecule has 40 heavy (non-hydrogen) atoms. The predicted octanol–water partition coefficient (Wildman–Crippen LogP) is 3.01. The first-order chi connectivity index (χ1) is 19.4. The Kier molecular flexibility index (Phi) is 7.35. The van der Waals surface area contributed by atoms with E-state index in [-0.39, 0.29) is 18.2 Å². The summed E-state index contributed by atoms with van der Waals surface area (Å²) in [6, 6.07) is 6.79.